The Morgan fingerprint density at radius 1 is 1.06 bits per heavy atom. The monoisotopic (exact) mass is 662 g/mol. The van der Waals surface area contributed by atoms with Gasteiger partial charge < -0.3 is 36.0 Å². The van der Waals surface area contributed by atoms with Crippen molar-refractivity contribution in [2.24, 2.45) is 17.6 Å². The van der Waals surface area contributed by atoms with E-state index in [1.54, 1.807) is 27.3 Å². The van der Waals surface area contributed by atoms with Crippen LogP contribution in [0.25, 0.3) is 16.9 Å². The van der Waals surface area contributed by atoms with Gasteiger partial charge in [0.15, 0.2) is 11.4 Å². The predicted molar refractivity (Wildman–Crippen MR) is 175 cm³/mol. The fourth-order valence-corrected chi connectivity index (χ4v) is 8.14. The van der Waals surface area contributed by atoms with Gasteiger partial charge in [0.1, 0.15) is 28.6 Å². The Hall–Kier alpha value is -4.27. The number of benzene rings is 2. The van der Waals surface area contributed by atoms with E-state index in [4.69, 9.17) is 10.5 Å². The number of piperazine rings is 1. The van der Waals surface area contributed by atoms with Crippen molar-refractivity contribution in [3.05, 3.63) is 63.9 Å². The van der Waals surface area contributed by atoms with Crippen molar-refractivity contribution in [1.29, 1.82) is 0 Å². The van der Waals surface area contributed by atoms with E-state index in [0.29, 0.717) is 24.4 Å². The molecule has 4 aliphatic rings. The van der Waals surface area contributed by atoms with Crippen LogP contribution in [0.3, 0.4) is 0 Å². The maximum absolute atomic E-state index is 14.2. The first kappa shape index (κ1) is 33.6. The van der Waals surface area contributed by atoms with Gasteiger partial charge in [-0.05, 0) is 67.7 Å². The number of carbonyl (C=O) groups excluding carboxylic acids is 3. The van der Waals surface area contributed by atoms with Crippen LogP contribution in [0.5, 0.6) is 11.5 Å². The molecule has 0 bridgehead atoms. The smallest absolute Gasteiger partial charge is 0.255 e. The van der Waals surface area contributed by atoms with Gasteiger partial charge in [-0.2, -0.15) is 0 Å². The molecule has 1 aliphatic heterocycles. The average Bonchev–Trinajstić information content (AvgIpc) is 3.03. The molecule has 4 atom stereocenters. The number of phenolic OH excluding ortho intramolecular Hbond substituents is 1. The lowest BCUT2D eigenvalue weighted by Crippen LogP contribution is -2.65. The van der Waals surface area contributed by atoms with Gasteiger partial charge in [-0.3, -0.25) is 29.1 Å². The van der Waals surface area contributed by atoms with Crippen molar-refractivity contribution in [3.63, 3.8) is 0 Å². The molecule has 48 heavy (non-hydrogen) atoms. The molecule has 13 nitrogen and oxygen atoms in total. The Kier molecular flexibility index (Phi) is 8.85. The third-order valence-corrected chi connectivity index (χ3v) is 10.5. The lowest BCUT2D eigenvalue weighted by atomic mass is 9.57. The van der Waals surface area contributed by atoms with Gasteiger partial charge >= 0.3 is 0 Å². The Bertz CT molecular complexity index is 1740. The number of aliphatic hydroxyl groups excluding tert-OH is 3. The van der Waals surface area contributed by atoms with Gasteiger partial charge in [0.25, 0.3) is 5.91 Å². The number of hydrogen-bond acceptors (Lipinski definition) is 12. The Balaban J connectivity index is 1.42. The number of hydrogen-bond donors (Lipinski definition) is 6. The molecule has 1 saturated carbocycles. The number of nitrogens with zero attached hydrogens (tertiary/aromatic N) is 3. The third-order valence-electron chi connectivity index (χ3n) is 10.5. The van der Waals surface area contributed by atoms with Crippen LogP contribution in [-0.2, 0) is 27.3 Å². The first-order valence-electron chi connectivity index (χ1n) is 16.1. The van der Waals surface area contributed by atoms with Crippen molar-refractivity contribution >= 4 is 23.2 Å². The van der Waals surface area contributed by atoms with E-state index in [1.807, 2.05) is 18.2 Å². The molecule has 2 aromatic rings. The molecule has 7 N–H and O–H groups in total. The minimum absolute atomic E-state index is 0.0109. The lowest BCUT2D eigenvalue weighted by Gasteiger charge is -2.50. The second-order valence-electron chi connectivity index (χ2n) is 13.3. The summed E-state index contributed by atoms with van der Waals surface area (Å²) in [6.45, 7) is 4.74. The highest BCUT2D eigenvalue weighted by Gasteiger charge is 2.64. The number of rotatable bonds is 8. The number of likely N-dealkylation sites (N-methyl/N-ethyl adjacent to an activating group) is 1. The zero-order valence-electron chi connectivity index (χ0n) is 27.3. The van der Waals surface area contributed by atoms with Crippen LogP contribution < -0.4 is 10.5 Å². The van der Waals surface area contributed by atoms with Gasteiger partial charge in [-0.1, -0.05) is 12.1 Å². The molecule has 13 heteroatoms. The van der Waals surface area contributed by atoms with Crippen LogP contribution in [0.4, 0.5) is 0 Å². The van der Waals surface area contributed by atoms with Crippen LogP contribution in [0.2, 0.25) is 0 Å². The second kappa shape index (κ2) is 12.6. The Morgan fingerprint density at radius 2 is 1.75 bits per heavy atom. The highest BCUT2D eigenvalue weighted by atomic mass is 16.5. The zero-order chi connectivity index (χ0) is 34.7. The molecule has 3 aliphatic carbocycles. The van der Waals surface area contributed by atoms with Crippen molar-refractivity contribution < 1.29 is 44.7 Å². The molecule has 256 valence electrons. The first-order chi connectivity index (χ1) is 22.8. The van der Waals surface area contributed by atoms with Gasteiger partial charge in [0, 0.05) is 56.3 Å². The summed E-state index contributed by atoms with van der Waals surface area (Å²) in [6, 6.07) is 7.83. The Labute approximate surface area is 278 Å². The topological polar surface area (TPSA) is 197 Å². The summed E-state index contributed by atoms with van der Waals surface area (Å²) in [7, 11) is 4.75. The number of phenols is 1. The number of aromatic hydroxyl groups is 1. The maximum atomic E-state index is 14.2. The average molecular weight is 663 g/mol. The van der Waals surface area contributed by atoms with Crippen LogP contribution in [0, 0.1) is 11.8 Å². The minimum atomic E-state index is -2.69. The summed E-state index contributed by atoms with van der Waals surface area (Å²) in [5.41, 5.74) is 4.81. The van der Waals surface area contributed by atoms with Gasteiger partial charge in [0.05, 0.1) is 25.3 Å². The molecule has 1 heterocycles. The van der Waals surface area contributed by atoms with Gasteiger partial charge in [-0.15, -0.1) is 0 Å². The SMILES string of the molecule is COc1ccc(-c2ccc(O)c3c2CC2CC4C(N(C)C)C(=O)C(C(N)=O)=C(O)C4(O)C(=O)C2=C3O)cc1CN1CCN(CCO)CC1. The van der Waals surface area contributed by atoms with E-state index >= 15 is 0 Å². The lowest BCUT2D eigenvalue weighted by molar-refractivity contribution is -0.153. The van der Waals surface area contributed by atoms with Crippen LogP contribution in [-0.4, -0.2) is 130 Å². The van der Waals surface area contributed by atoms with E-state index < -0.39 is 58.0 Å². The van der Waals surface area contributed by atoms with E-state index in [-0.39, 0.29) is 36.3 Å². The molecule has 0 radical (unpaired) electrons. The van der Waals surface area contributed by atoms with E-state index in [9.17, 15) is 39.9 Å². The number of nitrogens with two attached hydrogens (primary N) is 1. The molecular weight excluding hydrogens is 620 g/mol. The summed E-state index contributed by atoms with van der Waals surface area (Å²) in [4.78, 5) is 45.8. The molecule has 6 rings (SSSR count). The summed E-state index contributed by atoms with van der Waals surface area (Å²) in [6.07, 6.45) is 0.198. The summed E-state index contributed by atoms with van der Waals surface area (Å²) in [5.74, 6) is -6.13. The molecular formula is C35H42N4O9. The van der Waals surface area contributed by atoms with Crippen LogP contribution in [0.1, 0.15) is 23.1 Å². The summed E-state index contributed by atoms with van der Waals surface area (Å²) >= 11 is 0. The quantitative estimate of drug-likeness (QED) is 0.217. The highest BCUT2D eigenvalue weighted by molar-refractivity contribution is 6.24. The first-order valence-corrected chi connectivity index (χ1v) is 16.1. The van der Waals surface area contributed by atoms with E-state index in [2.05, 4.69) is 9.80 Å². The molecule has 2 aromatic carbocycles. The molecule has 1 saturated heterocycles. The normalized spacial score (nSPS) is 26.4. The van der Waals surface area contributed by atoms with Crippen molar-refractivity contribution in [3.8, 4) is 22.6 Å². The minimum Gasteiger partial charge on any atom is -0.508 e. The number of carbonyl (C=O) groups is 3. The maximum Gasteiger partial charge on any atom is 0.255 e. The number of Topliss-reactive ketones (excluding diaryl/α,β-unsaturated/α-hetero) is 2. The van der Waals surface area contributed by atoms with E-state index in [1.165, 1.54) is 11.0 Å². The molecule has 4 unspecified atom stereocenters. The van der Waals surface area contributed by atoms with Crippen LogP contribution in [0.15, 0.2) is 47.2 Å². The number of primary amides is 1. The van der Waals surface area contributed by atoms with Crippen molar-refractivity contribution in [1.82, 2.24) is 14.7 Å². The zero-order valence-corrected chi connectivity index (χ0v) is 27.3. The largest absolute Gasteiger partial charge is 0.508 e. The number of methoxy groups -OCH3 is 1. The standard InChI is InChI=1S/C35H42N4O9/c1-37(2)29-23-16-19-15-22-21(18-4-7-25(48-3)20(14-18)17-39-10-8-38(9-11-39)12-13-40)5-6-24(41)27(22)30(42)26(19)32(44)35(23,47)33(45)28(31(29)43)34(36)46/h4-7,14,19,23,29,40-42,45,47H,8-13,15-17H2,1-3H3,(H2,36,46). The fourth-order valence-electron chi connectivity index (χ4n) is 8.14. The molecule has 0 aromatic heterocycles. The number of ketones is 2. The molecule has 1 amide bonds. The summed E-state index contributed by atoms with van der Waals surface area (Å²) < 4.78 is 5.69. The predicted octanol–water partition coefficient (Wildman–Crippen LogP) is 0.750. The van der Waals surface area contributed by atoms with Crippen LogP contribution >= 0.6 is 0 Å². The van der Waals surface area contributed by atoms with Crippen molar-refractivity contribution in [2.45, 2.75) is 31.0 Å². The fraction of sp³-hybridized carbons (Fsp3) is 0.457. The highest BCUT2D eigenvalue weighted by Crippen LogP contribution is 2.53. The number of amides is 1. The summed E-state index contributed by atoms with van der Waals surface area (Å²) in [5, 5.41) is 54.9. The third kappa shape index (κ3) is 5.26. The van der Waals surface area contributed by atoms with Crippen molar-refractivity contribution in [2.75, 3.05) is 60.5 Å². The number of ether oxygens (including phenoxy) is 1. The Morgan fingerprint density at radius 3 is 2.38 bits per heavy atom. The number of β-amino-alcohol motifs (C(OH)–C–C–N with tert-alkyl or cyclic N) is 1. The molecule has 0 spiro atoms. The number of aliphatic hydroxyl groups is 4. The molecule has 2 fully saturated rings. The second-order valence-corrected chi connectivity index (χ2v) is 13.3. The van der Waals surface area contributed by atoms with E-state index in [0.717, 1.165) is 42.9 Å². The number of fused-ring (bicyclic) bond motifs is 3. The van der Waals surface area contributed by atoms with Gasteiger partial charge in [0.2, 0.25) is 5.78 Å². The van der Waals surface area contributed by atoms with Gasteiger partial charge in [-0.25, -0.2) is 0 Å².